The van der Waals surface area contributed by atoms with Crippen LogP contribution in [0.2, 0.25) is 0 Å². The van der Waals surface area contributed by atoms with Gasteiger partial charge in [0.2, 0.25) is 0 Å². The van der Waals surface area contributed by atoms with E-state index in [1.54, 1.807) is 6.07 Å². The van der Waals surface area contributed by atoms with Gasteiger partial charge in [-0.25, -0.2) is 4.79 Å². The number of ether oxygens (including phenoxy) is 1. The fourth-order valence-electron chi connectivity index (χ4n) is 3.42. The quantitative estimate of drug-likeness (QED) is 0.506. The van der Waals surface area contributed by atoms with E-state index in [0.717, 1.165) is 50.4 Å². The summed E-state index contributed by atoms with van der Waals surface area (Å²) >= 11 is 6.76. The van der Waals surface area contributed by atoms with E-state index in [2.05, 4.69) is 42.2 Å². The number of nitrogens with one attached hydrogen (secondary N) is 1. The number of carbonyl (C=O) groups is 2. The van der Waals surface area contributed by atoms with Gasteiger partial charge in [0.1, 0.15) is 0 Å². The lowest BCUT2D eigenvalue weighted by Crippen LogP contribution is -2.22. The maximum atomic E-state index is 12.8. The fraction of sp³-hybridized carbons (Fsp3) is 0.190. The Bertz CT molecular complexity index is 1100. The van der Waals surface area contributed by atoms with Crippen molar-refractivity contribution in [3.05, 3.63) is 68.2 Å². The van der Waals surface area contributed by atoms with Crippen LogP contribution in [0.25, 0.3) is 10.9 Å². The number of anilines is 1. The number of hydrogen-bond donors (Lipinski definition) is 1. The molecule has 1 heterocycles. The molecule has 1 aliphatic rings. The third-order valence-electron chi connectivity index (χ3n) is 4.66. The van der Waals surface area contributed by atoms with Gasteiger partial charge >= 0.3 is 5.97 Å². The highest BCUT2D eigenvalue weighted by Crippen LogP contribution is 2.30. The molecule has 28 heavy (non-hydrogen) atoms. The second-order valence-corrected chi connectivity index (χ2v) is 8.30. The molecule has 142 valence electrons. The first-order valence-corrected chi connectivity index (χ1v) is 10.4. The molecular weight excluding hydrogens is 488 g/mol. The lowest BCUT2D eigenvalue weighted by atomic mass is 10.0. The molecule has 1 aliphatic carbocycles. The number of halogens is 2. The number of fused-ring (bicyclic) bond motifs is 2. The summed E-state index contributed by atoms with van der Waals surface area (Å²) in [7, 11) is 0. The number of aromatic nitrogens is 1. The molecule has 0 aliphatic heterocycles. The van der Waals surface area contributed by atoms with Crippen LogP contribution in [0.5, 0.6) is 0 Å². The predicted molar refractivity (Wildman–Crippen MR) is 115 cm³/mol. The molecule has 0 atom stereocenters. The normalized spacial score (nSPS) is 12.6. The molecule has 3 aromatic rings. The van der Waals surface area contributed by atoms with Crippen LogP contribution < -0.4 is 5.32 Å². The number of nitrogens with zero attached hydrogens (tertiary/aromatic N) is 1. The summed E-state index contributed by atoms with van der Waals surface area (Å²) in [5, 5.41) is 3.51. The lowest BCUT2D eigenvalue weighted by molar-refractivity contribution is -0.119. The van der Waals surface area contributed by atoms with Crippen molar-refractivity contribution in [3.8, 4) is 0 Å². The van der Waals surface area contributed by atoms with Crippen LogP contribution in [0.15, 0.2) is 51.4 Å². The van der Waals surface area contributed by atoms with Crippen LogP contribution in [0.1, 0.15) is 28.0 Å². The van der Waals surface area contributed by atoms with E-state index in [-0.39, 0.29) is 6.61 Å². The van der Waals surface area contributed by atoms with Crippen molar-refractivity contribution in [2.45, 2.75) is 19.3 Å². The molecule has 1 N–H and O–H groups in total. The number of para-hydroxylation sites is 1. The number of rotatable bonds is 4. The van der Waals surface area contributed by atoms with Gasteiger partial charge in [-0.3, -0.25) is 9.78 Å². The van der Waals surface area contributed by atoms with Crippen LogP contribution in [-0.4, -0.2) is 23.5 Å². The largest absolute Gasteiger partial charge is 0.452 e. The predicted octanol–water partition coefficient (Wildman–Crippen LogP) is 5.04. The molecular formula is C21H16Br2N2O3. The summed E-state index contributed by atoms with van der Waals surface area (Å²) in [5.74, 6) is -0.881. The molecule has 4 rings (SSSR count). The van der Waals surface area contributed by atoms with E-state index >= 15 is 0 Å². The first-order chi connectivity index (χ1) is 13.5. The second kappa shape index (κ2) is 8.01. The molecule has 0 bridgehead atoms. The van der Waals surface area contributed by atoms with Gasteiger partial charge in [-0.15, -0.1) is 0 Å². The maximum Gasteiger partial charge on any atom is 0.339 e. The Labute approximate surface area is 178 Å². The number of esters is 1. The highest BCUT2D eigenvalue weighted by molar-refractivity contribution is 9.11. The van der Waals surface area contributed by atoms with Crippen LogP contribution in [0.3, 0.4) is 0 Å². The molecule has 2 aromatic carbocycles. The van der Waals surface area contributed by atoms with Crippen molar-refractivity contribution < 1.29 is 14.3 Å². The van der Waals surface area contributed by atoms with Crippen molar-refractivity contribution in [1.29, 1.82) is 0 Å². The minimum atomic E-state index is -0.484. The average Bonchev–Trinajstić information content (AvgIpc) is 3.14. The van der Waals surface area contributed by atoms with E-state index in [1.807, 2.05) is 36.4 Å². The highest BCUT2D eigenvalue weighted by Gasteiger charge is 2.25. The zero-order valence-corrected chi connectivity index (χ0v) is 18.0. The fourth-order valence-corrected chi connectivity index (χ4v) is 4.57. The first kappa shape index (κ1) is 19.1. The zero-order chi connectivity index (χ0) is 19.7. The molecule has 0 radical (unpaired) electrons. The summed E-state index contributed by atoms with van der Waals surface area (Å²) in [6.07, 6.45) is 2.63. The summed E-state index contributed by atoms with van der Waals surface area (Å²) < 4.78 is 6.98. The Morgan fingerprint density at radius 2 is 1.93 bits per heavy atom. The Hall–Kier alpha value is -2.25. The molecule has 5 nitrogen and oxygen atoms in total. The summed E-state index contributed by atoms with van der Waals surface area (Å²) in [5.41, 5.74) is 3.82. The number of amides is 1. The van der Waals surface area contributed by atoms with Gasteiger partial charge < -0.3 is 10.1 Å². The topological polar surface area (TPSA) is 68.3 Å². The van der Waals surface area contributed by atoms with E-state index < -0.39 is 11.9 Å². The van der Waals surface area contributed by atoms with E-state index in [1.165, 1.54) is 0 Å². The minimum absolute atomic E-state index is 0.354. The second-order valence-electron chi connectivity index (χ2n) is 6.53. The Balaban J connectivity index is 1.52. The van der Waals surface area contributed by atoms with Crippen LogP contribution in [0, 0.1) is 0 Å². The smallest absolute Gasteiger partial charge is 0.339 e. The molecule has 1 aromatic heterocycles. The number of carbonyl (C=O) groups excluding carboxylic acids is 2. The van der Waals surface area contributed by atoms with E-state index in [9.17, 15) is 9.59 Å². The third-order valence-corrected chi connectivity index (χ3v) is 5.81. The first-order valence-electron chi connectivity index (χ1n) is 8.85. The maximum absolute atomic E-state index is 12.8. The Kier molecular flexibility index (Phi) is 5.46. The number of benzene rings is 2. The molecule has 0 spiro atoms. The van der Waals surface area contributed by atoms with Gasteiger partial charge in [-0.05, 0) is 65.0 Å². The average molecular weight is 504 g/mol. The zero-order valence-electron chi connectivity index (χ0n) is 14.8. The SMILES string of the molecule is O=C(COC(=O)c1c2c(nc3ccccc13)CCC2)Nc1ccc(Br)cc1Br. The lowest BCUT2D eigenvalue weighted by Gasteiger charge is -2.12. The molecule has 0 fully saturated rings. The summed E-state index contributed by atoms with van der Waals surface area (Å²) in [6.45, 7) is -0.354. The van der Waals surface area contributed by atoms with Crippen molar-refractivity contribution in [3.63, 3.8) is 0 Å². The highest BCUT2D eigenvalue weighted by atomic mass is 79.9. The number of aryl methyl sites for hydroxylation is 1. The Morgan fingerprint density at radius 3 is 2.75 bits per heavy atom. The number of pyridine rings is 1. The minimum Gasteiger partial charge on any atom is -0.452 e. The monoisotopic (exact) mass is 502 g/mol. The third kappa shape index (κ3) is 3.82. The van der Waals surface area contributed by atoms with Crippen molar-refractivity contribution >= 4 is 60.3 Å². The summed E-state index contributed by atoms with van der Waals surface area (Å²) in [4.78, 5) is 29.8. The van der Waals surface area contributed by atoms with Gasteiger partial charge in [0, 0.05) is 20.0 Å². The van der Waals surface area contributed by atoms with Gasteiger partial charge in [0.05, 0.1) is 16.8 Å². The molecule has 1 amide bonds. The number of hydrogen-bond acceptors (Lipinski definition) is 4. The van der Waals surface area contributed by atoms with E-state index in [4.69, 9.17) is 4.74 Å². The van der Waals surface area contributed by atoms with Gasteiger partial charge in [-0.2, -0.15) is 0 Å². The van der Waals surface area contributed by atoms with Crippen molar-refractivity contribution in [2.24, 2.45) is 0 Å². The van der Waals surface area contributed by atoms with E-state index in [0.29, 0.717) is 11.3 Å². The summed E-state index contributed by atoms with van der Waals surface area (Å²) in [6, 6.07) is 12.9. The Morgan fingerprint density at radius 1 is 1.11 bits per heavy atom. The molecule has 7 heteroatoms. The van der Waals surface area contributed by atoms with Crippen molar-refractivity contribution in [1.82, 2.24) is 4.98 Å². The molecule has 0 saturated carbocycles. The van der Waals surface area contributed by atoms with Crippen LogP contribution in [0.4, 0.5) is 5.69 Å². The molecule has 0 saturated heterocycles. The van der Waals surface area contributed by atoms with Gasteiger partial charge in [0.15, 0.2) is 6.61 Å². The van der Waals surface area contributed by atoms with Crippen LogP contribution >= 0.6 is 31.9 Å². The standard InChI is InChI=1S/C21H16Br2N2O3/c22-12-8-9-18(15(23)10-12)25-19(26)11-28-21(27)20-13-4-1-2-6-16(13)24-17-7-3-5-14(17)20/h1-2,4,6,8-10H,3,5,7,11H2,(H,25,26). The van der Waals surface area contributed by atoms with Gasteiger partial charge in [-0.1, -0.05) is 34.1 Å². The van der Waals surface area contributed by atoms with Gasteiger partial charge in [0.25, 0.3) is 5.91 Å². The molecule has 0 unspecified atom stereocenters. The van der Waals surface area contributed by atoms with Crippen molar-refractivity contribution in [2.75, 3.05) is 11.9 Å². The van der Waals surface area contributed by atoms with Crippen LogP contribution in [-0.2, 0) is 22.4 Å².